The van der Waals surface area contributed by atoms with E-state index in [1.54, 1.807) is 6.07 Å². The van der Waals surface area contributed by atoms with Crippen molar-refractivity contribution >= 4 is 0 Å². The molecule has 0 aliphatic rings. The molecule has 0 saturated heterocycles. The Hall–Kier alpha value is -1.24. The molecule has 13 heavy (non-hydrogen) atoms. The van der Waals surface area contributed by atoms with Gasteiger partial charge in [0.25, 0.3) is 0 Å². The first-order valence-corrected chi connectivity index (χ1v) is 3.62. The molecule has 1 rings (SSSR count). The van der Waals surface area contributed by atoms with Crippen molar-refractivity contribution in [3.8, 4) is 0 Å². The van der Waals surface area contributed by atoms with E-state index >= 15 is 0 Å². The van der Waals surface area contributed by atoms with Crippen molar-refractivity contribution in [2.45, 2.75) is 0 Å². The Balaban J connectivity index is -0.000000144. The van der Waals surface area contributed by atoms with Crippen LogP contribution in [0.5, 0.6) is 0 Å². The number of hydrogen-bond donors (Lipinski definition) is 4. The number of rotatable bonds is 0. The fourth-order valence-corrected chi connectivity index (χ4v) is 0.310. The largest absolute Gasteiger partial charge is 0.344 e. The van der Waals surface area contributed by atoms with Crippen LogP contribution in [0.25, 0.3) is 0 Å². The summed E-state index contributed by atoms with van der Waals surface area (Å²) in [5.41, 5.74) is 13.2. The standard InChI is InChI=1S/C4H4N2O.3CH5N/c7-4-5-2-1-3-6-4;3*1-2/h1-3H,(H,5,6,7);3*2H2,1H3. The van der Waals surface area contributed by atoms with Crippen LogP contribution in [0.3, 0.4) is 0 Å². The minimum atomic E-state index is -0.303. The molecule has 1 aromatic heterocycles. The molecule has 0 bridgehead atoms. The summed E-state index contributed by atoms with van der Waals surface area (Å²) in [6, 6.07) is 1.65. The molecule has 0 spiro atoms. The van der Waals surface area contributed by atoms with Gasteiger partial charge in [-0.2, -0.15) is 0 Å². The SMILES string of the molecule is CN.CN.CN.O=c1nccc[nH]1. The summed E-state index contributed by atoms with van der Waals surface area (Å²) < 4.78 is 0. The lowest BCUT2D eigenvalue weighted by atomic mass is 10.7. The Morgan fingerprint density at radius 2 is 1.62 bits per heavy atom. The lowest BCUT2D eigenvalue weighted by Crippen LogP contribution is -2.05. The number of nitrogens with zero attached hydrogens (tertiary/aromatic N) is 1. The molecule has 0 atom stereocenters. The maximum Gasteiger partial charge on any atom is 0.344 e. The van der Waals surface area contributed by atoms with Crippen molar-refractivity contribution in [3.63, 3.8) is 0 Å². The first-order chi connectivity index (χ1) is 6.39. The number of nitrogens with one attached hydrogen (secondary N) is 1. The monoisotopic (exact) mass is 189 g/mol. The Morgan fingerprint density at radius 1 is 1.15 bits per heavy atom. The molecule has 1 aromatic rings. The number of aromatic nitrogens is 2. The van der Waals surface area contributed by atoms with Crippen LogP contribution < -0.4 is 22.9 Å². The van der Waals surface area contributed by atoms with Crippen LogP contribution >= 0.6 is 0 Å². The second kappa shape index (κ2) is 22.4. The average Bonchev–Trinajstić information content (AvgIpc) is 2.28. The van der Waals surface area contributed by atoms with E-state index in [0.717, 1.165) is 0 Å². The highest BCUT2D eigenvalue weighted by Gasteiger charge is 1.70. The topological polar surface area (TPSA) is 124 Å². The van der Waals surface area contributed by atoms with E-state index in [-0.39, 0.29) is 5.69 Å². The molecule has 0 aromatic carbocycles. The van der Waals surface area contributed by atoms with Crippen LogP contribution in [-0.2, 0) is 0 Å². The van der Waals surface area contributed by atoms with Gasteiger partial charge in [-0.1, -0.05) is 0 Å². The summed E-state index contributed by atoms with van der Waals surface area (Å²) in [5.74, 6) is 0. The second-order valence-corrected chi connectivity index (χ2v) is 1.09. The van der Waals surface area contributed by atoms with E-state index in [1.807, 2.05) is 0 Å². The number of nitrogens with two attached hydrogens (primary N) is 3. The normalized spacial score (nSPS) is 6.00. The van der Waals surface area contributed by atoms with Gasteiger partial charge < -0.3 is 22.2 Å². The average molecular weight is 189 g/mol. The number of aromatic amines is 1. The number of hydrogen-bond acceptors (Lipinski definition) is 5. The number of H-pyrrole nitrogens is 1. The summed E-state index contributed by atoms with van der Waals surface area (Å²) in [5, 5.41) is 0. The van der Waals surface area contributed by atoms with Crippen LogP contribution in [0.1, 0.15) is 0 Å². The van der Waals surface area contributed by atoms with E-state index < -0.39 is 0 Å². The maximum atomic E-state index is 10.1. The first-order valence-electron chi connectivity index (χ1n) is 3.62. The minimum Gasteiger partial charge on any atom is -0.333 e. The molecule has 78 valence electrons. The maximum absolute atomic E-state index is 10.1. The van der Waals surface area contributed by atoms with Crippen LogP contribution in [0.2, 0.25) is 0 Å². The van der Waals surface area contributed by atoms with E-state index in [0.29, 0.717) is 0 Å². The molecule has 0 unspecified atom stereocenters. The highest BCUT2D eigenvalue weighted by molar-refractivity contribution is 4.75. The summed E-state index contributed by atoms with van der Waals surface area (Å²) in [6.45, 7) is 0. The van der Waals surface area contributed by atoms with E-state index in [1.165, 1.54) is 33.5 Å². The Labute approximate surface area is 78.2 Å². The Kier molecular flexibility index (Phi) is 30.6. The van der Waals surface area contributed by atoms with Gasteiger partial charge >= 0.3 is 5.69 Å². The third kappa shape index (κ3) is 18.1. The summed E-state index contributed by atoms with van der Waals surface area (Å²) >= 11 is 0. The molecule has 6 heteroatoms. The molecule has 7 N–H and O–H groups in total. The van der Waals surface area contributed by atoms with Gasteiger partial charge in [0.2, 0.25) is 0 Å². The third-order valence-corrected chi connectivity index (χ3v) is 0.581. The van der Waals surface area contributed by atoms with Crippen molar-refractivity contribution in [2.24, 2.45) is 17.2 Å². The highest BCUT2D eigenvalue weighted by atomic mass is 16.1. The summed E-state index contributed by atoms with van der Waals surface area (Å²) in [6.07, 6.45) is 2.98. The van der Waals surface area contributed by atoms with Crippen LogP contribution in [0.4, 0.5) is 0 Å². The molecule has 0 aliphatic heterocycles. The zero-order chi connectivity index (χ0) is 11.1. The van der Waals surface area contributed by atoms with Gasteiger partial charge in [-0.3, -0.25) is 0 Å². The van der Waals surface area contributed by atoms with Gasteiger partial charge in [0, 0.05) is 12.4 Å². The molecular formula is C7H19N5O. The molecule has 0 fully saturated rings. The van der Waals surface area contributed by atoms with Gasteiger partial charge in [0.15, 0.2) is 0 Å². The quantitative estimate of drug-likeness (QED) is 0.395. The van der Waals surface area contributed by atoms with Crippen molar-refractivity contribution in [3.05, 3.63) is 28.9 Å². The fraction of sp³-hybridized carbons (Fsp3) is 0.429. The van der Waals surface area contributed by atoms with Crippen molar-refractivity contribution < 1.29 is 0 Å². The summed E-state index contributed by atoms with van der Waals surface area (Å²) in [4.78, 5) is 15.8. The first kappa shape index (κ1) is 17.7. The Bertz CT molecular complexity index is 183. The molecule has 1 heterocycles. The van der Waals surface area contributed by atoms with Crippen molar-refractivity contribution in [1.29, 1.82) is 0 Å². The molecule has 0 saturated carbocycles. The highest BCUT2D eigenvalue weighted by Crippen LogP contribution is 1.60. The fourth-order valence-electron chi connectivity index (χ4n) is 0.310. The Morgan fingerprint density at radius 3 is 1.77 bits per heavy atom. The van der Waals surface area contributed by atoms with Crippen LogP contribution in [0, 0.1) is 0 Å². The second-order valence-electron chi connectivity index (χ2n) is 1.09. The molecule has 0 radical (unpaired) electrons. The van der Waals surface area contributed by atoms with Crippen molar-refractivity contribution in [2.75, 3.05) is 21.1 Å². The van der Waals surface area contributed by atoms with Gasteiger partial charge in [-0.15, -0.1) is 0 Å². The zero-order valence-corrected chi connectivity index (χ0v) is 8.32. The van der Waals surface area contributed by atoms with Crippen LogP contribution in [-0.4, -0.2) is 31.1 Å². The van der Waals surface area contributed by atoms with Gasteiger partial charge in [0.05, 0.1) is 0 Å². The lowest BCUT2D eigenvalue weighted by molar-refractivity contribution is 1.08. The summed E-state index contributed by atoms with van der Waals surface area (Å²) in [7, 11) is 4.50. The van der Waals surface area contributed by atoms with Gasteiger partial charge in [0.1, 0.15) is 0 Å². The molecule has 0 aliphatic carbocycles. The zero-order valence-electron chi connectivity index (χ0n) is 8.32. The van der Waals surface area contributed by atoms with E-state index in [4.69, 9.17) is 0 Å². The van der Waals surface area contributed by atoms with Crippen LogP contribution in [0.15, 0.2) is 23.3 Å². The van der Waals surface area contributed by atoms with E-state index in [2.05, 4.69) is 27.2 Å². The smallest absolute Gasteiger partial charge is 0.333 e. The predicted octanol–water partition coefficient (Wildman–Crippen LogP) is -1.51. The molecule has 6 nitrogen and oxygen atoms in total. The predicted molar refractivity (Wildman–Crippen MR) is 55.2 cm³/mol. The van der Waals surface area contributed by atoms with Gasteiger partial charge in [-0.25, -0.2) is 9.78 Å². The van der Waals surface area contributed by atoms with Gasteiger partial charge in [-0.05, 0) is 27.2 Å². The lowest BCUT2D eigenvalue weighted by Gasteiger charge is -1.72. The third-order valence-electron chi connectivity index (χ3n) is 0.581. The minimum absolute atomic E-state index is 0.303. The van der Waals surface area contributed by atoms with E-state index in [9.17, 15) is 4.79 Å². The van der Waals surface area contributed by atoms with Crippen molar-refractivity contribution in [1.82, 2.24) is 9.97 Å². The molecule has 0 amide bonds. The molecular weight excluding hydrogens is 170 g/mol.